The maximum Gasteiger partial charge on any atom is 0.119 e. The molecule has 0 aromatic heterocycles. The molecule has 0 spiro atoms. The van der Waals surface area contributed by atoms with Gasteiger partial charge in [-0.1, -0.05) is 35.9 Å². The first-order chi connectivity index (χ1) is 11.1. The third-order valence-corrected chi connectivity index (χ3v) is 4.80. The van der Waals surface area contributed by atoms with Crippen LogP contribution in [0.3, 0.4) is 0 Å². The summed E-state index contributed by atoms with van der Waals surface area (Å²) in [5.41, 5.74) is 3.19. The van der Waals surface area contributed by atoms with Crippen LogP contribution in [0, 0.1) is 5.92 Å². The van der Waals surface area contributed by atoms with Crippen LogP contribution in [-0.4, -0.2) is 23.3 Å². The summed E-state index contributed by atoms with van der Waals surface area (Å²) >= 11 is 5.95. The fourth-order valence-electron chi connectivity index (χ4n) is 3.29. The molecule has 0 heterocycles. The molecule has 0 fully saturated rings. The van der Waals surface area contributed by atoms with Crippen molar-refractivity contribution in [1.82, 2.24) is 5.32 Å². The van der Waals surface area contributed by atoms with Gasteiger partial charge in [0, 0.05) is 11.6 Å². The average Bonchev–Trinajstić information content (AvgIpc) is 2.55. The molecule has 3 N–H and O–H groups in total. The summed E-state index contributed by atoms with van der Waals surface area (Å²) in [6.45, 7) is 1.39. The second-order valence-corrected chi connectivity index (χ2v) is 6.69. The summed E-state index contributed by atoms with van der Waals surface area (Å²) in [5.74, 6) is 0.959. The molecular weight excluding hydrogens is 310 g/mol. The van der Waals surface area contributed by atoms with Crippen molar-refractivity contribution in [2.75, 3.05) is 13.1 Å². The van der Waals surface area contributed by atoms with E-state index in [9.17, 15) is 10.2 Å². The number of hydrogen-bond donors (Lipinski definition) is 3. The molecule has 3 rings (SSSR count). The maximum atomic E-state index is 10.2. The number of phenolic OH excluding ortho intramolecular Hbond substituents is 1. The van der Waals surface area contributed by atoms with Crippen LogP contribution in [0.15, 0.2) is 42.5 Å². The second kappa shape index (κ2) is 7.35. The predicted octanol–water partition coefficient (Wildman–Crippen LogP) is 3.47. The van der Waals surface area contributed by atoms with Gasteiger partial charge in [-0.2, -0.15) is 0 Å². The zero-order chi connectivity index (χ0) is 16.2. The van der Waals surface area contributed by atoms with Crippen LogP contribution >= 0.6 is 11.6 Å². The average molecular weight is 332 g/mol. The van der Waals surface area contributed by atoms with Gasteiger partial charge < -0.3 is 15.5 Å². The third-order valence-electron chi connectivity index (χ3n) is 4.56. The summed E-state index contributed by atoms with van der Waals surface area (Å²) in [5, 5.41) is 24.1. The Labute approximate surface area is 141 Å². The highest BCUT2D eigenvalue weighted by molar-refractivity contribution is 6.30. The van der Waals surface area contributed by atoms with Gasteiger partial charge >= 0.3 is 0 Å². The van der Waals surface area contributed by atoms with Crippen molar-refractivity contribution in [3.8, 4) is 5.75 Å². The number of nitrogens with one attached hydrogen (secondary N) is 1. The first-order valence-electron chi connectivity index (χ1n) is 8.07. The van der Waals surface area contributed by atoms with E-state index < -0.39 is 6.10 Å². The van der Waals surface area contributed by atoms with Crippen molar-refractivity contribution < 1.29 is 10.2 Å². The van der Waals surface area contributed by atoms with E-state index in [4.69, 9.17) is 11.6 Å². The number of aromatic hydroxyl groups is 1. The molecule has 0 saturated carbocycles. The Balaban J connectivity index is 1.50. The van der Waals surface area contributed by atoms with Crippen LogP contribution in [0.5, 0.6) is 5.75 Å². The zero-order valence-corrected chi connectivity index (χ0v) is 13.8. The highest BCUT2D eigenvalue weighted by Crippen LogP contribution is 2.31. The molecule has 1 aliphatic carbocycles. The molecule has 0 saturated heterocycles. The highest BCUT2D eigenvalue weighted by Gasteiger charge is 2.20. The van der Waals surface area contributed by atoms with Gasteiger partial charge in [-0.05, 0) is 66.6 Å². The van der Waals surface area contributed by atoms with E-state index in [0.29, 0.717) is 23.2 Å². The summed E-state index contributed by atoms with van der Waals surface area (Å²) in [6.07, 6.45) is 2.41. The van der Waals surface area contributed by atoms with Crippen LogP contribution in [0.4, 0.5) is 0 Å². The standard InChI is InChI=1S/C19H22ClNO2/c20-16-5-1-4-15(10-16)19(23)12-21-11-13-7-8-17-14(9-13)3-2-6-18(17)22/h1-6,10,13,19,21-23H,7-9,11-12H2. The number of benzene rings is 2. The number of hydrogen-bond acceptors (Lipinski definition) is 3. The Bertz CT molecular complexity index is 674. The lowest BCUT2D eigenvalue weighted by atomic mass is 9.83. The molecule has 3 nitrogen and oxygen atoms in total. The van der Waals surface area contributed by atoms with Crippen LogP contribution < -0.4 is 5.32 Å². The maximum absolute atomic E-state index is 10.2. The van der Waals surface area contributed by atoms with Crippen LogP contribution in [0.1, 0.15) is 29.2 Å². The van der Waals surface area contributed by atoms with Gasteiger partial charge in [-0.15, -0.1) is 0 Å². The lowest BCUT2D eigenvalue weighted by Gasteiger charge is -2.26. The number of aliphatic hydroxyl groups excluding tert-OH is 1. The Morgan fingerprint density at radius 1 is 1.22 bits per heavy atom. The number of fused-ring (bicyclic) bond motifs is 1. The Morgan fingerprint density at radius 3 is 2.87 bits per heavy atom. The van der Waals surface area contributed by atoms with Crippen molar-refractivity contribution >= 4 is 11.6 Å². The molecule has 122 valence electrons. The Kier molecular flexibility index (Phi) is 5.21. The summed E-state index contributed by atoms with van der Waals surface area (Å²) in [7, 11) is 0. The van der Waals surface area contributed by atoms with Crippen molar-refractivity contribution in [2.24, 2.45) is 5.92 Å². The van der Waals surface area contributed by atoms with Crippen LogP contribution in [0.25, 0.3) is 0 Å². The highest BCUT2D eigenvalue weighted by atomic mass is 35.5. The Morgan fingerprint density at radius 2 is 2.04 bits per heavy atom. The molecule has 0 radical (unpaired) electrons. The molecule has 4 heteroatoms. The van der Waals surface area contributed by atoms with E-state index >= 15 is 0 Å². The minimum absolute atomic E-state index is 0.422. The lowest BCUT2D eigenvalue weighted by molar-refractivity contribution is 0.172. The smallest absolute Gasteiger partial charge is 0.119 e. The van der Waals surface area contributed by atoms with E-state index in [1.165, 1.54) is 5.56 Å². The molecule has 2 unspecified atom stereocenters. The van der Waals surface area contributed by atoms with Gasteiger partial charge in [-0.3, -0.25) is 0 Å². The zero-order valence-electron chi connectivity index (χ0n) is 13.0. The van der Waals surface area contributed by atoms with Gasteiger partial charge in [-0.25, -0.2) is 0 Å². The molecule has 2 aromatic carbocycles. The molecule has 1 aliphatic rings. The van der Waals surface area contributed by atoms with Crippen LogP contribution in [-0.2, 0) is 12.8 Å². The van der Waals surface area contributed by atoms with E-state index in [0.717, 1.165) is 36.9 Å². The van der Waals surface area contributed by atoms with E-state index in [1.54, 1.807) is 18.2 Å². The van der Waals surface area contributed by atoms with Gasteiger partial charge in [0.2, 0.25) is 0 Å². The van der Waals surface area contributed by atoms with Crippen molar-refractivity contribution in [3.63, 3.8) is 0 Å². The molecule has 0 aliphatic heterocycles. The van der Waals surface area contributed by atoms with E-state index in [2.05, 4.69) is 11.4 Å². The third kappa shape index (κ3) is 4.05. The summed E-state index contributed by atoms with van der Waals surface area (Å²) < 4.78 is 0. The molecule has 0 amide bonds. The van der Waals surface area contributed by atoms with Gasteiger partial charge in [0.05, 0.1) is 6.10 Å². The first kappa shape index (κ1) is 16.3. The minimum Gasteiger partial charge on any atom is -0.508 e. The van der Waals surface area contributed by atoms with Gasteiger partial charge in [0.15, 0.2) is 0 Å². The topological polar surface area (TPSA) is 52.5 Å². The second-order valence-electron chi connectivity index (χ2n) is 6.25. The monoisotopic (exact) mass is 331 g/mol. The number of aliphatic hydroxyl groups is 1. The summed E-state index contributed by atoms with van der Waals surface area (Å²) in [6, 6.07) is 13.1. The molecule has 23 heavy (non-hydrogen) atoms. The minimum atomic E-state index is -0.548. The molecule has 2 aromatic rings. The Hall–Kier alpha value is -1.55. The number of rotatable bonds is 5. The van der Waals surface area contributed by atoms with Crippen molar-refractivity contribution in [3.05, 3.63) is 64.2 Å². The number of halogens is 1. The van der Waals surface area contributed by atoms with E-state index in [1.807, 2.05) is 18.2 Å². The quantitative estimate of drug-likeness (QED) is 0.786. The SMILES string of the molecule is Oc1cccc2c1CCC(CNCC(O)c1cccc(Cl)c1)C2. The largest absolute Gasteiger partial charge is 0.508 e. The van der Waals surface area contributed by atoms with Crippen molar-refractivity contribution in [2.45, 2.75) is 25.4 Å². The van der Waals surface area contributed by atoms with Crippen LogP contribution in [0.2, 0.25) is 5.02 Å². The van der Waals surface area contributed by atoms with Crippen molar-refractivity contribution in [1.29, 1.82) is 0 Å². The fraction of sp³-hybridized carbons (Fsp3) is 0.368. The summed E-state index contributed by atoms with van der Waals surface area (Å²) in [4.78, 5) is 0. The normalized spacial score (nSPS) is 18.4. The molecular formula is C19H22ClNO2. The fourth-order valence-corrected chi connectivity index (χ4v) is 3.49. The number of phenols is 1. The van der Waals surface area contributed by atoms with Gasteiger partial charge in [0.25, 0.3) is 0 Å². The lowest BCUT2D eigenvalue weighted by Crippen LogP contribution is -2.30. The van der Waals surface area contributed by atoms with E-state index in [-0.39, 0.29) is 0 Å². The first-order valence-corrected chi connectivity index (χ1v) is 8.45. The predicted molar refractivity (Wildman–Crippen MR) is 92.9 cm³/mol. The van der Waals surface area contributed by atoms with Gasteiger partial charge in [0.1, 0.15) is 5.75 Å². The molecule has 2 atom stereocenters. The molecule has 0 bridgehead atoms.